The zero-order valence-electron chi connectivity index (χ0n) is 15.2. The number of aliphatic carboxylic acids is 1. The molecule has 2 N–H and O–H groups in total. The molecule has 0 saturated carbocycles. The number of carbonyl (C=O) groups is 1. The molecule has 4 heteroatoms. The van der Waals surface area contributed by atoms with E-state index in [1.165, 1.54) is 11.1 Å². The Morgan fingerprint density at radius 3 is 2.35 bits per heavy atom. The van der Waals surface area contributed by atoms with Crippen LogP contribution in [0.5, 0.6) is 0 Å². The van der Waals surface area contributed by atoms with Crippen LogP contribution in [0.3, 0.4) is 0 Å². The molecular weight excluding hydrogens is 324 g/mol. The number of anilines is 1. The van der Waals surface area contributed by atoms with Crippen molar-refractivity contribution in [2.24, 2.45) is 10.4 Å². The third-order valence-corrected chi connectivity index (χ3v) is 4.38. The number of hydrogen-bond acceptors (Lipinski definition) is 3. The quantitative estimate of drug-likeness (QED) is 0.800. The van der Waals surface area contributed by atoms with Crippen molar-refractivity contribution in [3.8, 4) is 11.1 Å². The maximum Gasteiger partial charge on any atom is 0.325 e. The minimum Gasteiger partial charge on any atom is -0.480 e. The molecule has 1 aliphatic rings. The molecule has 134 valence electrons. The van der Waals surface area contributed by atoms with Crippen LogP contribution in [0.2, 0.25) is 0 Å². The summed E-state index contributed by atoms with van der Waals surface area (Å²) in [6, 6.07) is 18.6. The van der Waals surface area contributed by atoms with Crippen LogP contribution in [0.15, 0.2) is 71.4 Å². The first-order valence-electron chi connectivity index (χ1n) is 8.79. The Bertz CT molecular complexity index is 834. The van der Waals surface area contributed by atoms with Gasteiger partial charge in [0.2, 0.25) is 0 Å². The largest absolute Gasteiger partial charge is 0.480 e. The summed E-state index contributed by atoms with van der Waals surface area (Å²) in [5, 5.41) is 12.3. The van der Waals surface area contributed by atoms with E-state index in [4.69, 9.17) is 5.11 Å². The first-order chi connectivity index (χ1) is 12.4. The third kappa shape index (κ3) is 4.82. The van der Waals surface area contributed by atoms with Gasteiger partial charge in [0, 0.05) is 17.1 Å². The summed E-state index contributed by atoms with van der Waals surface area (Å²) < 4.78 is 0. The second-order valence-electron chi connectivity index (χ2n) is 7.46. The average Bonchev–Trinajstić information content (AvgIpc) is 2.60. The number of carboxylic acid groups (broad SMARTS) is 1. The van der Waals surface area contributed by atoms with Crippen LogP contribution in [0.4, 0.5) is 5.69 Å². The van der Waals surface area contributed by atoms with Gasteiger partial charge in [0.05, 0.1) is 0 Å². The molecule has 4 nitrogen and oxygen atoms in total. The van der Waals surface area contributed by atoms with Crippen LogP contribution >= 0.6 is 0 Å². The Morgan fingerprint density at radius 2 is 1.69 bits per heavy atom. The van der Waals surface area contributed by atoms with Crippen molar-refractivity contribution in [1.82, 2.24) is 0 Å². The number of hydrogen-bond donors (Lipinski definition) is 2. The van der Waals surface area contributed by atoms with Gasteiger partial charge < -0.3 is 10.4 Å². The van der Waals surface area contributed by atoms with E-state index in [0.29, 0.717) is 0 Å². The van der Waals surface area contributed by atoms with E-state index < -0.39 is 5.97 Å². The van der Waals surface area contributed by atoms with Crippen LogP contribution in [0.25, 0.3) is 11.1 Å². The number of aliphatic imine (C=N–C) groups is 1. The Hall–Kier alpha value is -2.88. The van der Waals surface area contributed by atoms with Gasteiger partial charge in [0.25, 0.3) is 0 Å². The van der Waals surface area contributed by atoms with Gasteiger partial charge in [0.1, 0.15) is 6.54 Å². The van der Waals surface area contributed by atoms with E-state index >= 15 is 0 Å². The molecular formula is C22H24N2O2. The van der Waals surface area contributed by atoms with Crippen LogP contribution < -0.4 is 5.32 Å². The molecule has 0 saturated heterocycles. The maximum atomic E-state index is 10.8. The molecule has 0 amide bonds. The molecule has 1 aliphatic carbocycles. The van der Waals surface area contributed by atoms with Crippen molar-refractivity contribution in [2.45, 2.75) is 26.7 Å². The van der Waals surface area contributed by atoms with Crippen molar-refractivity contribution in [3.05, 3.63) is 66.4 Å². The Balaban J connectivity index is 1.76. The molecule has 0 radical (unpaired) electrons. The molecule has 0 bridgehead atoms. The predicted molar refractivity (Wildman–Crippen MR) is 107 cm³/mol. The Morgan fingerprint density at radius 1 is 1.04 bits per heavy atom. The van der Waals surface area contributed by atoms with Crippen molar-refractivity contribution >= 4 is 17.4 Å². The fraction of sp³-hybridized carbons (Fsp3) is 0.273. The van der Waals surface area contributed by atoms with Gasteiger partial charge in [-0.1, -0.05) is 56.3 Å². The van der Waals surface area contributed by atoms with Crippen LogP contribution in [-0.2, 0) is 4.79 Å². The van der Waals surface area contributed by atoms with Gasteiger partial charge in [-0.3, -0.25) is 9.79 Å². The molecule has 2 aromatic rings. The smallest absolute Gasteiger partial charge is 0.325 e. The summed E-state index contributed by atoms with van der Waals surface area (Å²) in [6.07, 6.45) is 3.68. The predicted octanol–water partition coefficient (Wildman–Crippen LogP) is 5.00. The number of carboxylic acids is 1. The lowest BCUT2D eigenvalue weighted by atomic mass is 9.78. The molecule has 0 unspecified atom stereocenters. The molecule has 0 aromatic heterocycles. The number of allylic oxidation sites excluding steroid dienone is 2. The summed E-state index contributed by atoms with van der Waals surface area (Å²) in [6.45, 7) is 4.17. The van der Waals surface area contributed by atoms with Crippen LogP contribution in [0, 0.1) is 5.41 Å². The minimum absolute atomic E-state index is 0.0540. The summed E-state index contributed by atoms with van der Waals surface area (Å²) in [5.74, 6) is -0.903. The Labute approximate surface area is 154 Å². The number of nitrogens with zero attached hydrogens (tertiary/aromatic N) is 1. The second kappa shape index (κ2) is 7.56. The van der Waals surface area contributed by atoms with E-state index in [2.05, 4.69) is 60.6 Å². The first-order valence-corrected chi connectivity index (χ1v) is 8.79. The van der Waals surface area contributed by atoms with Crippen molar-refractivity contribution in [2.75, 3.05) is 11.9 Å². The van der Waals surface area contributed by atoms with E-state index in [9.17, 15) is 4.79 Å². The highest BCUT2D eigenvalue weighted by Crippen LogP contribution is 2.34. The molecule has 0 spiro atoms. The van der Waals surface area contributed by atoms with E-state index in [1.807, 2.05) is 24.3 Å². The van der Waals surface area contributed by atoms with E-state index in [-0.39, 0.29) is 12.0 Å². The van der Waals surface area contributed by atoms with Gasteiger partial charge in [-0.05, 0) is 47.6 Å². The lowest BCUT2D eigenvalue weighted by Crippen LogP contribution is -2.25. The lowest BCUT2D eigenvalue weighted by molar-refractivity contribution is -0.135. The lowest BCUT2D eigenvalue weighted by Gasteiger charge is -2.31. The molecule has 26 heavy (non-hydrogen) atoms. The zero-order chi connectivity index (χ0) is 18.6. The summed E-state index contributed by atoms with van der Waals surface area (Å²) in [5.41, 5.74) is 5.35. The first kappa shape index (κ1) is 17.9. The average molecular weight is 348 g/mol. The maximum absolute atomic E-state index is 10.8. The van der Waals surface area contributed by atoms with Gasteiger partial charge in [-0.25, -0.2) is 0 Å². The minimum atomic E-state index is -0.903. The highest BCUT2D eigenvalue weighted by atomic mass is 16.4. The topological polar surface area (TPSA) is 61.7 Å². The highest BCUT2D eigenvalue weighted by Gasteiger charge is 2.26. The summed E-state index contributed by atoms with van der Waals surface area (Å²) in [7, 11) is 0. The number of rotatable bonds is 5. The third-order valence-electron chi connectivity index (χ3n) is 4.38. The number of nitrogens with one attached hydrogen (secondary N) is 1. The fourth-order valence-corrected chi connectivity index (χ4v) is 3.28. The SMILES string of the molecule is CC1(C)CC(Nc2ccc(-c3ccccc3)cc2)=CC(=NCC(=O)O)C1. The molecule has 0 atom stereocenters. The normalized spacial score (nSPS) is 17.6. The highest BCUT2D eigenvalue weighted by molar-refractivity contribution is 5.98. The standard InChI is InChI=1S/C22H24N2O2/c1-22(2)13-19(23-15-21(25)26)12-20(14-22)24-18-10-8-17(9-11-18)16-6-4-3-5-7-16/h3-12,24H,13-15H2,1-2H3,(H,25,26). The molecule has 3 rings (SSSR count). The van der Waals surface area contributed by atoms with Crippen molar-refractivity contribution in [3.63, 3.8) is 0 Å². The molecule has 2 aromatic carbocycles. The van der Waals surface area contributed by atoms with Gasteiger partial charge in [-0.15, -0.1) is 0 Å². The van der Waals surface area contributed by atoms with Crippen LogP contribution in [0.1, 0.15) is 26.7 Å². The van der Waals surface area contributed by atoms with Gasteiger partial charge >= 0.3 is 5.97 Å². The molecule has 0 heterocycles. The van der Waals surface area contributed by atoms with Crippen molar-refractivity contribution < 1.29 is 9.90 Å². The Kier molecular flexibility index (Phi) is 5.21. The van der Waals surface area contributed by atoms with Crippen molar-refractivity contribution in [1.29, 1.82) is 0 Å². The summed E-state index contributed by atoms with van der Waals surface area (Å²) >= 11 is 0. The summed E-state index contributed by atoms with van der Waals surface area (Å²) in [4.78, 5) is 15.0. The van der Waals surface area contributed by atoms with E-state index in [1.54, 1.807) is 0 Å². The van der Waals surface area contributed by atoms with E-state index in [0.717, 1.165) is 29.9 Å². The number of benzene rings is 2. The molecule has 0 fully saturated rings. The van der Waals surface area contributed by atoms with Gasteiger partial charge in [0.15, 0.2) is 0 Å². The van der Waals surface area contributed by atoms with Gasteiger partial charge in [-0.2, -0.15) is 0 Å². The monoisotopic (exact) mass is 348 g/mol. The zero-order valence-corrected chi connectivity index (χ0v) is 15.2. The van der Waals surface area contributed by atoms with Crippen LogP contribution in [-0.4, -0.2) is 23.3 Å². The second-order valence-corrected chi connectivity index (χ2v) is 7.46. The molecule has 0 aliphatic heterocycles. The fourth-order valence-electron chi connectivity index (χ4n) is 3.28.